The first-order chi connectivity index (χ1) is 13.4. The van der Waals surface area contributed by atoms with Crippen LogP contribution < -0.4 is 5.32 Å². The van der Waals surface area contributed by atoms with Crippen molar-refractivity contribution in [2.24, 2.45) is 29.1 Å². The highest BCUT2D eigenvalue weighted by Crippen LogP contribution is 2.61. The van der Waals surface area contributed by atoms with Crippen molar-refractivity contribution in [3.05, 3.63) is 34.9 Å². The Labute approximate surface area is 172 Å². The van der Waals surface area contributed by atoms with Gasteiger partial charge >= 0.3 is 5.97 Å². The highest BCUT2D eigenvalue weighted by Gasteiger charge is 2.50. The molecule has 4 aliphatic carbocycles. The number of carboxylic acid groups (broad SMARTS) is 1. The average molecular weight is 404 g/mol. The molecule has 1 aromatic carbocycles. The number of carbonyl (C=O) groups is 2. The quantitative estimate of drug-likeness (QED) is 0.661. The van der Waals surface area contributed by atoms with Crippen LogP contribution in [0.5, 0.6) is 0 Å². The molecule has 0 radical (unpaired) electrons. The zero-order valence-electron chi connectivity index (χ0n) is 16.3. The summed E-state index contributed by atoms with van der Waals surface area (Å²) in [7, 11) is 0. The van der Waals surface area contributed by atoms with E-state index in [2.05, 4.69) is 5.32 Å². The standard InChI is InChI=1S/C23H30ClNO3/c24-20-3-1-15(2-4-20)10-19(11-21(26)27)22(28)25-6-5-23-12-16-7-17(13-23)9-18(8-16)14-23/h1-4,16-19H,5-14H2,(H,25,28)(H,26,27)/t16?,17?,18?,19-,23?/m0/s1. The Bertz CT molecular complexity index is 695. The number of benzene rings is 1. The lowest BCUT2D eigenvalue weighted by Gasteiger charge is -2.57. The van der Waals surface area contributed by atoms with Gasteiger partial charge in [0, 0.05) is 11.6 Å². The molecule has 1 aromatic rings. The normalized spacial score (nSPS) is 31.5. The molecule has 5 rings (SSSR count). The molecule has 4 fully saturated rings. The van der Waals surface area contributed by atoms with Gasteiger partial charge in [0.2, 0.25) is 5.91 Å². The van der Waals surface area contributed by atoms with Gasteiger partial charge in [0.05, 0.1) is 12.3 Å². The summed E-state index contributed by atoms with van der Waals surface area (Å²) < 4.78 is 0. The van der Waals surface area contributed by atoms with Crippen LogP contribution in [0.25, 0.3) is 0 Å². The first-order valence-corrected chi connectivity index (χ1v) is 11.0. The van der Waals surface area contributed by atoms with Crippen molar-refractivity contribution in [2.45, 2.75) is 57.8 Å². The number of hydrogen-bond donors (Lipinski definition) is 2. The van der Waals surface area contributed by atoms with Crippen molar-refractivity contribution in [2.75, 3.05) is 6.54 Å². The van der Waals surface area contributed by atoms with Crippen LogP contribution in [0.1, 0.15) is 56.9 Å². The molecule has 0 unspecified atom stereocenters. The molecule has 0 heterocycles. The van der Waals surface area contributed by atoms with Crippen molar-refractivity contribution < 1.29 is 14.7 Å². The number of aliphatic carboxylic acids is 1. The van der Waals surface area contributed by atoms with Gasteiger partial charge in [-0.3, -0.25) is 9.59 Å². The van der Waals surface area contributed by atoms with Gasteiger partial charge < -0.3 is 10.4 Å². The Morgan fingerprint density at radius 1 is 1.07 bits per heavy atom. The minimum Gasteiger partial charge on any atom is -0.481 e. The highest BCUT2D eigenvalue weighted by molar-refractivity contribution is 6.30. The third-order valence-corrected chi connectivity index (χ3v) is 7.56. The SMILES string of the molecule is O=C(O)C[C@H](Cc1ccc(Cl)cc1)C(=O)NCCC12CC3CC(CC(C3)C1)C2. The van der Waals surface area contributed by atoms with E-state index < -0.39 is 11.9 Å². The van der Waals surface area contributed by atoms with E-state index in [1.165, 1.54) is 38.5 Å². The largest absolute Gasteiger partial charge is 0.481 e. The van der Waals surface area contributed by atoms with Crippen LogP contribution in [-0.4, -0.2) is 23.5 Å². The second kappa shape index (κ2) is 8.06. The number of rotatable bonds is 8. The summed E-state index contributed by atoms with van der Waals surface area (Å²) in [6, 6.07) is 7.28. The molecule has 1 atom stereocenters. The van der Waals surface area contributed by atoms with Gasteiger partial charge in [0.1, 0.15) is 0 Å². The second-order valence-electron chi connectivity index (χ2n) is 9.58. The summed E-state index contributed by atoms with van der Waals surface area (Å²) in [5.41, 5.74) is 1.37. The molecule has 0 aromatic heterocycles. The van der Waals surface area contributed by atoms with Crippen molar-refractivity contribution in [3.63, 3.8) is 0 Å². The molecule has 4 saturated carbocycles. The van der Waals surface area contributed by atoms with Crippen LogP contribution >= 0.6 is 11.6 Å². The number of carbonyl (C=O) groups excluding carboxylic acids is 1. The maximum Gasteiger partial charge on any atom is 0.304 e. The van der Waals surface area contributed by atoms with Crippen molar-refractivity contribution in [1.29, 1.82) is 0 Å². The lowest BCUT2D eigenvalue weighted by atomic mass is 9.49. The smallest absolute Gasteiger partial charge is 0.304 e. The van der Waals surface area contributed by atoms with Crippen molar-refractivity contribution in [1.82, 2.24) is 5.32 Å². The minimum atomic E-state index is -0.935. The highest BCUT2D eigenvalue weighted by atomic mass is 35.5. The Morgan fingerprint density at radius 3 is 2.18 bits per heavy atom. The molecule has 152 valence electrons. The molecular formula is C23H30ClNO3. The molecule has 28 heavy (non-hydrogen) atoms. The van der Waals surface area contributed by atoms with Crippen LogP contribution in [0.2, 0.25) is 5.02 Å². The van der Waals surface area contributed by atoms with Gasteiger partial charge in [0.15, 0.2) is 0 Å². The fourth-order valence-corrected chi connectivity index (χ4v) is 6.69. The van der Waals surface area contributed by atoms with Crippen molar-refractivity contribution in [3.8, 4) is 0 Å². The van der Waals surface area contributed by atoms with E-state index in [1.54, 1.807) is 12.1 Å². The van der Waals surface area contributed by atoms with Crippen LogP contribution in [0.3, 0.4) is 0 Å². The zero-order chi connectivity index (χ0) is 19.7. The van der Waals surface area contributed by atoms with Crippen LogP contribution in [-0.2, 0) is 16.0 Å². The van der Waals surface area contributed by atoms with Gasteiger partial charge in [-0.05, 0) is 92.2 Å². The van der Waals surface area contributed by atoms with E-state index in [9.17, 15) is 14.7 Å². The molecule has 4 bridgehead atoms. The van der Waals surface area contributed by atoms with Gasteiger partial charge in [-0.25, -0.2) is 0 Å². The van der Waals surface area contributed by atoms with E-state index in [1.807, 2.05) is 12.1 Å². The number of halogens is 1. The summed E-state index contributed by atoms with van der Waals surface area (Å²) in [4.78, 5) is 24.0. The van der Waals surface area contributed by atoms with E-state index in [0.29, 0.717) is 23.4 Å². The number of carboxylic acids is 1. The van der Waals surface area contributed by atoms with E-state index in [4.69, 9.17) is 11.6 Å². The average Bonchev–Trinajstić information content (AvgIpc) is 2.61. The maximum atomic E-state index is 12.7. The Balaban J connectivity index is 1.32. The first-order valence-electron chi connectivity index (χ1n) is 10.6. The summed E-state index contributed by atoms with van der Waals surface area (Å²) in [6.07, 6.45) is 9.59. The van der Waals surface area contributed by atoms with Crippen molar-refractivity contribution >= 4 is 23.5 Å². The molecule has 5 heteroatoms. The zero-order valence-corrected chi connectivity index (χ0v) is 17.1. The summed E-state index contributed by atoms with van der Waals surface area (Å²) in [5.74, 6) is 1.11. The van der Waals surface area contributed by atoms with E-state index >= 15 is 0 Å². The Hall–Kier alpha value is -1.55. The Kier molecular flexibility index (Phi) is 5.69. The fourth-order valence-electron chi connectivity index (χ4n) is 6.56. The monoisotopic (exact) mass is 403 g/mol. The van der Waals surface area contributed by atoms with Crippen LogP contribution in [0, 0.1) is 29.1 Å². The number of hydrogen-bond acceptors (Lipinski definition) is 2. The predicted molar refractivity (Wildman–Crippen MR) is 109 cm³/mol. The molecular weight excluding hydrogens is 374 g/mol. The van der Waals surface area contributed by atoms with Crippen LogP contribution in [0.4, 0.5) is 0 Å². The lowest BCUT2D eigenvalue weighted by Crippen LogP contribution is -2.47. The summed E-state index contributed by atoms with van der Waals surface area (Å²) in [5, 5.41) is 12.9. The summed E-state index contributed by atoms with van der Waals surface area (Å²) >= 11 is 5.92. The fraction of sp³-hybridized carbons (Fsp3) is 0.652. The predicted octanol–water partition coefficient (Wildman–Crippen LogP) is 4.70. The van der Waals surface area contributed by atoms with E-state index in [0.717, 1.165) is 29.7 Å². The first kappa shape index (κ1) is 19.8. The van der Waals surface area contributed by atoms with E-state index in [-0.39, 0.29) is 12.3 Å². The van der Waals surface area contributed by atoms with Crippen LogP contribution in [0.15, 0.2) is 24.3 Å². The van der Waals surface area contributed by atoms with Gasteiger partial charge in [0.25, 0.3) is 0 Å². The summed E-state index contributed by atoms with van der Waals surface area (Å²) in [6.45, 7) is 0.668. The second-order valence-corrected chi connectivity index (χ2v) is 10.0. The number of amides is 1. The molecule has 0 saturated heterocycles. The van der Waals surface area contributed by atoms with Gasteiger partial charge in [-0.15, -0.1) is 0 Å². The number of nitrogens with one attached hydrogen (secondary N) is 1. The lowest BCUT2D eigenvalue weighted by molar-refractivity contribution is -0.141. The van der Waals surface area contributed by atoms with Gasteiger partial charge in [-0.2, -0.15) is 0 Å². The molecule has 0 spiro atoms. The Morgan fingerprint density at radius 2 is 1.64 bits per heavy atom. The molecule has 4 nitrogen and oxygen atoms in total. The molecule has 0 aliphatic heterocycles. The molecule has 1 amide bonds. The van der Waals surface area contributed by atoms with Gasteiger partial charge in [-0.1, -0.05) is 23.7 Å². The molecule has 2 N–H and O–H groups in total. The minimum absolute atomic E-state index is 0.137. The maximum absolute atomic E-state index is 12.7. The molecule has 4 aliphatic rings. The topological polar surface area (TPSA) is 66.4 Å². The third kappa shape index (κ3) is 4.53. The third-order valence-electron chi connectivity index (χ3n) is 7.31.